The fraction of sp³-hybridized carbons (Fsp3) is 0.526. The maximum absolute atomic E-state index is 13.4. The van der Waals surface area contributed by atoms with Gasteiger partial charge in [-0.05, 0) is 70.0 Å². The van der Waals surface area contributed by atoms with Crippen LogP contribution in [-0.4, -0.2) is 114 Å². The van der Waals surface area contributed by atoms with Crippen molar-refractivity contribution < 1.29 is 61.0 Å². The zero-order valence-electron chi connectivity index (χ0n) is 32.0. The summed E-state index contributed by atoms with van der Waals surface area (Å²) in [4.78, 5) is 8.67. The van der Waals surface area contributed by atoms with Crippen molar-refractivity contribution >= 4 is 23.3 Å². The van der Waals surface area contributed by atoms with Gasteiger partial charge in [0.1, 0.15) is 36.5 Å². The SMILES string of the molecule is CC(C)=CCC/C(C)=C/CN[C@@H]1[C@H](O[C@@H]2O[C@H](CO)[C@@H](O)[C@H](O)[C@H]2N=C(N)Nc2cccc(C(F)(F)F)c2)[C@@H](N=C(N)Nc2cccc(C(F)(F)F)c2)CO[C@@H]1CO. The number of nitrogens with one attached hydrogen (secondary N) is 3. The van der Waals surface area contributed by atoms with Gasteiger partial charge >= 0.3 is 12.4 Å². The fourth-order valence-corrected chi connectivity index (χ4v) is 6.35. The number of nitrogens with zero attached hydrogens (tertiary/aromatic N) is 2. The molecule has 0 radical (unpaired) electrons. The van der Waals surface area contributed by atoms with Crippen molar-refractivity contribution in [2.75, 3.05) is 37.0 Å². The van der Waals surface area contributed by atoms with Crippen molar-refractivity contribution in [3.05, 3.63) is 83.0 Å². The van der Waals surface area contributed by atoms with Crippen LogP contribution in [0.5, 0.6) is 0 Å². The Bertz CT molecular complexity index is 1770. The predicted molar refractivity (Wildman–Crippen MR) is 205 cm³/mol. The molecule has 0 unspecified atom stereocenters. The summed E-state index contributed by atoms with van der Waals surface area (Å²) >= 11 is 0. The molecule has 2 aromatic carbocycles. The summed E-state index contributed by atoms with van der Waals surface area (Å²) in [6, 6.07) is 4.76. The first-order valence-corrected chi connectivity index (χ1v) is 18.4. The van der Waals surface area contributed by atoms with Gasteiger partial charge in [0.15, 0.2) is 18.2 Å². The standard InChI is InChI=1S/C38H51F6N7O7/c1-20(2)7-4-8-21(3)13-14-47-29-27(17-52)56-19-26(50-35(45)48-24-11-5-9-22(15-24)37(39,40)41)33(29)58-34-30(32(55)31(54)28(18-53)57-34)51-36(46)49-25-12-6-10-23(16-25)38(42,43)44/h5-7,9-13,15-16,26-34,47,52-55H,4,8,14,17-19H2,1-3H3,(H3,45,48,50)(H3,46,49,51)/b21-13+/t26-,27+,28+,29-,30+,31+,32+,33+,34-/m0/s1. The third-order valence-corrected chi connectivity index (χ3v) is 9.35. The molecule has 2 aliphatic heterocycles. The minimum atomic E-state index is -4.66. The summed E-state index contributed by atoms with van der Waals surface area (Å²) in [6.45, 7) is 4.63. The number of guanidine groups is 2. The van der Waals surface area contributed by atoms with E-state index in [9.17, 15) is 46.8 Å². The lowest BCUT2D eigenvalue weighted by molar-refractivity contribution is -0.289. The number of halogens is 6. The zero-order valence-corrected chi connectivity index (χ0v) is 32.0. The van der Waals surface area contributed by atoms with Gasteiger partial charge in [-0.1, -0.05) is 35.4 Å². The van der Waals surface area contributed by atoms with E-state index < -0.39 is 97.6 Å². The van der Waals surface area contributed by atoms with E-state index in [1.54, 1.807) is 0 Å². The average molecular weight is 832 g/mol. The second-order valence-electron chi connectivity index (χ2n) is 14.2. The predicted octanol–water partition coefficient (Wildman–Crippen LogP) is 3.48. The molecular weight excluding hydrogens is 780 g/mol. The van der Waals surface area contributed by atoms with E-state index in [4.69, 9.17) is 25.7 Å². The van der Waals surface area contributed by atoms with Crippen molar-refractivity contribution in [2.45, 2.75) is 101 Å². The average Bonchev–Trinajstić information content (AvgIpc) is 3.14. The van der Waals surface area contributed by atoms with Crippen molar-refractivity contribution in [1.29, 1.82) is 0 Å². The number of allylic oxidation sites excluding steroid dienone is 3. The first kappa shape index (κ1) is 46.4. The number of benzene rings is 2. The molecule has 0 saturated carbocycles. The van der Waals surface area contributed by atoms with E-state index in [0.29, 0.717) is 0 Å². The summed E-state index contributed by atoms with van der Waals surface area (Å²) in [5, 5.41) is 50.9. The molecule has 58 heavy (non-hydrogen) atoms. The van der Waals surface area contributed by atoms with Crippen molar-refractivity contribution in [3.63, 3.8) is 0 Å². The number of anilines is 2. The summed E-state index contributed by atoms with van der Waals surface area (Å²) in [5.41, 5.74) is 12.5. The van der Waals surface area contributed by atoms with E-state index >= 15 is 0 Å². The molecule has 4 rings (SSSR count). The van der Waals surface area contributed by atoms with Gasteiger partial charge in [0, 0.05) is 17.9 Å². The number of aliphatic hydroxyl groups excluding tert-OH is 4. The van der Waals surface area contributed by atoms with Gasteiger partial charge in [-0.25, -0.2) is 9.98 Å². The highest BCUT2D eigenvalue weighted by Crippen LogP contribution is 2.33. The number of alkyl halides is 6. The maximum Gasteiger partial charge on any atom is 0.416 e. The molecule has 9 atom stereocenters. The molecule has 11 N–H and O–H groups in total. The lowest BCUT2D eigenvalue weighted by Gasteiger charge is -2.46. The molecule has 0 spiro atoms. The van der Waals surface area contributed by atoms with Gasteiger partial charge in [-0.15, -0.1) is 0 Å². The van der Waals surface area contributed by atoms with Crippen molar-refractivity contribution in [2.24, 2.45) is 21.5 Å². The first-order valence-electron chi connectivity index (χ1n) is 18.4. The van der Waals surface area contributed by atoms with Crippen molar-refractivity contribution in [1.82, 2.24) is 5.32 Å². The smallest absolute Gasteiger partial charge is 0.394 e. The van der Waals surface area contributed by atoms with Crippen LogP contribution in [0.15, 0.2) is 81.8 Å². The Balaban J connectivity index is 1.70. The molecule has 2 aliphatic rings. The Morgan fingerprint density at radius 2 is 1.41 bits per heavy atom. The molecule has 0 amide bonds. The molecule has 0 bridgehead atoms. The van der Waals surface area contributed by atoms with E-state index in [-0.39, 0.29) is 30.5 Å². The largest absolute Gasteiger partial charge is 0.416 e. The molecule has 0 aromatic heterocycles. The van der Waals surface area contributed by atoms with E-state index in [0.717, 1.165) is 48.7 Å². The second kappa shape index (κ2) is 20.6. The molecule has 2 saturated heterocycles. The normalized spacial score (nSPS) is 27.6. The number of rotatable bonds is 14. The van der Waals surface area contributed by atoms with E-state index in [1.807, 2.05) is 26.8 Å². The maximum atomic E-state index is 13.4. The highest BCUT2D eigenvalue weighted by molar-refractivity contribution is 5.93. The Morgan fingerprint density at radius 3 is 1.95 bits per heavy atom. The van der Waals surface area contributed by atoms with Crippen LogP contribution in [0, 0.1) is 0 Å². The van der Waals surface area contributed by atoms with Crippen molar-refractivity contribution in [3.8, 4) is 0 Å². The summed E-state index contributed by atoms with van der Waals surface area (Å²) in [6.07, 6.45) is -12.4. The fourth-order valence-electron chi connectivity index (χ4n) is 6.35. The Hall–Kier alpha value is -4.28. The van der Waals surface area contributed by atoms with Crippen LogP contribution in [0.25, 0.3) is 0 Å². The molecule has 14 nitrogen and oxygen atoms in total. The van der Waals surface area contributed by atoms with Crippen LogP contribution in [0.1, 0.15) is 44.7 Å². The van der Waals surface area contributed by atoms with Gasteiger partial charge in [0.05, 0.1) is 43.1 Å². The zero-order chi connectivity index (χ0) is 42.8. The molecular formula is C38H51F6N7O7. The summed E-state index contributed by atoms with van der Waals surface area (Å²) < 4.78 is 98.7. The van der Waals surface area contributed by atoms with Crippen LogP contribution in [0.4, 0.5) is 37.7 Å². The Kier molecular flexibility index (Phi) is 16.5. The number of hydrogen-bond donors (Lipinski definition) is 9. The third kappa shape index (κ3) is 13.1. The van der Waals surface area contributed by atoms with Crippen LogP contribution >= 0.6 is 0 Å². The summed E-state index contributed by atoms with van der Waals surface area (Å²) in [7, 11) is 0. The van der Waals surface area contributed by atoms with Gasteiger partial charge in [0.25, 0.3) is 0 Å². The molecule has 2 heterocycles. The van der Waals surface area contributed by atoms with E-state index in [1.165, 1.54) is 23.8 Å². The van der Waals surface area contributed by atoms with Gasteiger partial charge in [0.2, 0.25) is 0 Å². The topological polar surface area (TPSA) is 221 Å². The second-order valence-corrected chi connectivity index (χ2v) is 14.2. The molecule has 0 aliphatic carbocycles. The monoisotopic (exact) mass is 831 g/mol. The number of nitrogens with two attached hydrogens (primary N) is 2. The number of aliphatic hydroxyl groups is 4. The lowest BCUT2D eigenvalue weighted by Crippen LogP contribution is -2.65. The molecule has 322 valence electrons. The Labute approximate surface area is 331 Å². The minimum Gasteiger partial charge on any atom is -0.394 e. The van der Waals surface area contributed by atoms with Crippen LogP contribution in [0.2, 0.25) is 0 Å². The first-order chi connectivity index (χ1) is 27.3. The molecule has 2 aromatic rings. The summed E-state index contributed by atoms with van der Waals surface area (Å²) in [5.74, 6) is -0.835. The lowest BCUT2D eigenvalue weighted by atomic mass is 9.94. The number of hydrogen-bond acceptors (Lipinski definition) is 10. The van der Waals surface area contributed by atoms with Gasteiger partial charge in [-0.2, -0.15) is 26.3 Å². The van der Waals surface area contributed by atoms with Gasteiger partial charge < -0.3 is 62.1 Å². The van der Waals surface area contributed by atoms with Crippen LogP contribution in [-0.2, 0) is 26.6 Å². The van der Waals surface area contributed by atoms with E-state index in [2.05, 4.69) is 32.0 Å². The van der Waals surface area contributed by atoms with Crippen LogP contribution < -0.4 is 27.4 Å². The van der Waals surface area contributed by atoms with Crippen LogP contribution in [0.3, 0.4) is 0 Å². The highest BCUT2D eigenvalue weighted by Gasteiger charge is 2.49. The quantitative estimate of drug-likeness (QED) is 0.0579. The molecule has 20 heteroatoms. The third-order valence-electron chi connectivity index (χ3n) is 9.35. The van der Waals surface area contributed by atoms with Gasteiger partial charge in [-0.3, -0.25) is 0 Å². The minimum absolute atomic E-state index is 0.0291. The number of ether oxygens (including phenoxy) is 3. The Morgan fingerprint density at radius 1 is 0.845 bits per heavy atom. The number of aliphatic imine (C=N–C) groups is 2. The molecule has 2 fully saturated rings. The highest BCUT2D eigenvalue weighted by atomic mass is 19.4.